The van der Waals surface area contributed by atoms with Crippen molar-refractivity contribution in [2.24, 2.45) is 5.92 Å². The first-order valence-electron chi connectivity index (χ1n) is 10.9. The standard InChI is InChI=1S/C24H31N3O3/c1-16-23(10-12-25-24(16)29-15-19-4-5-19)27-13-11-22(14-27)30-21-8-6-20(7-9-21)17(2)26-18(3)28/h6-10,12,17,19,22H,4-5,11,13-15H2,1-3H3,(H,26,28)/t17-,22+/m0/s1. The Labute approximate surface area is 178 Å². The van der Waals surface area contributed by atoms with Gasteiger partial charge in [-0.25, -0.2) is 4.98 Å². The zero-order chi connectivity index (χ0) is 21.1. The summed E-state index contributed by atoms with van der Waals surface area (Å²) in [5.74, 6) is 2.31. The molecule has 30 heavy (non-hydrogen) atoms. The number of carbonyl (C=O) groups is 1. The van der Waals surface area contributed by atoms with Crippen molar-refractivity contribution >= 4 is 11.6 Å². The molecule has 160 valence electrons. The van der Waals surface area contributed by atoms with Crippen LogP contribution >= 0.6 is 0 Å². The highest BCUT2D eigenvalue weighted by atomic mass is 16.5. The minimum absolute atomic E-state index is 0.00971. The fourth-order valence-electron chi connectivity index (χ4n) is 3.94. The van der Waals surface area contributed by atoms with Crippen molar-refractivity contribution in [3.8, 4) is 11.6 Å². The minimum Gasteiger partial charge on any atom is -0.489 e. The summed E-state index contributed by atoms with van der Waals surface area (Å²) in [6.07, 6.45) is 5.51. The van der Waals surface area contributed by atoms with Gasteiger partial charge in [0.15, 0.2) is 0 Å². The summed E-state index contributed by atoms with van der Waals surface area (Å²) in [6.45, 7) is 8.18. The number of rotatable bonds is 8. The third kappa shape index (κ3) is 5.04. The predicted octanol–water partition coefficient (Wildman–Crippen LogP) is 4.03. The maximum Gasteiger partial charge on any atom is 0.218 e. The number of carbonyl (C=O) groups excluding carboxylic acids is 1. The van der Waals surface area contributed by atoms with Gasteiger partial charge in [0.2, 0.25) is 11.8 Å². The van der Waals surface area contributed by atoms with Crippen LogP contribution in [0.25, 0.3) is 0 Å². The topological polar surface area (TPSA) is 63.7 Å². The maximum atomic E-state index is 11.2. The molecule has 6 nitrogen and oxygen atoms in total. The van der Waals surface area contributed by atoms with Crippen LogP contribution < -0.4 is 19.7 Å². The quantitative estimate of drug-likeness (QED) is 0.713. The molecular formula is C24H31N3O3. The average molecular weight is 410 g/mol. The van der Waals surface area contributed by atoms with E-state index in [9.17, 15) is 4.79 Å². The van der Waals surface area contributed by atoms with Crippen LogP contribution in [0.4, 0.5) is 5.69 Å². The number of benzene rings is 1. The highest BCUT2D eigenvalue weighted by molar-refractivity contribution is 5.73. The van der Waals surface area contributed by atoms with Gasteiger partial charge < -0.3 is 19.7 Å². The molecule has 2 fully saturated rings. The Hall–Kier alpha value is -2.76. The van der Waals surface area contributed by atoms with Crippen LogP contribution in [-0.2, 0) is 4.79 Å². The van der Waals surface area contributed by atoms with Crippen molar-refractivity contribution in [3.63, 3.8) is 0 Å². The maximum absolute atomic E-state index is 11.2. The Balaban J connectivity index is 1.34. The molecule has 1 aromatic heterocycles. The molecule has 2 heterocycles. The third-order valence-electron chi connectivity index (χ3n) is 5.87. The second kappa shape index (κ2) is 8.94. The van der Waals surface area contributed by atoms with Crippen molar-refractivity contribution in [2.75, 3.05) is 24.6 Å². The van der Waals surface area contributed by atoms with E-state index in [4.69, 9.17) is 9.47 Å². The fraction of sp³-hybridized carbons (Fsp3) is 0.500. The lowest BCUT2D eigenvalue weighted by Gasteiger charge is -2.22. The Morgan fingerprint density at radius 3 is 2.70 bits per heavy atom. The number of anilines is 1. The van der Waals surface area contributed by atoms with E-state index >= 15 is 0 Å². The molecular weight excluding hydrogens is 378 g/mol. The molecule has 2 atom stereocenters. The molecule has 1 N–H and O–H groups in total. The van der Waals surface area contributed by atoms with Crippen molar-refractivity contribution in [2.45, 2.75) is 52.2 Å². The van der Waals surface area contributed by atoms with Crippen LogP contribution in [0.15, 0.2) is 36.5 Å². The van der Waals surface area contributed by atoms with E-state index in [-0.39, 0.29) is 18.1 Å². The van der Waals surface area contributed by atoms with Gasteiger partial charge in [-0.1, -0.05) is 12.1 Å². The number of hydrogen-bond donors (Lipinski definition) is 1. The SMILES string of the molecule is CC(=O)N[C@@H](C)c1ccc(O[C@@H]2CCN(c3ccnc(OCC4CC4)c3C)C2)cc1. The van der Waals surface area contributed by atoms with Gasteiger partial charge in [-0.05, 0) is 56.4 Å². The molecule has 1 saturated carbocycles. The van der Waals surface area contributed by atoms with Crippen LogP contribution in [0.2, 0.25) is 0 Å². The Bertz CT molecular complexity index is 880. The lowest BCUT2D eigenvalue weighted by Crippen LogP contribution is -2.25. The van der Waals surface area contributed by atoms with Crippen molar-refractivity contribution in [1.82, 2.24) is 10.3 Å². The second-order valence-electron chi connectivity index (χ2n) is 8.48. The second-order valence-corrected chi connectivity index (χ2v) is 8.48. The first-order chi connectivity index (χ1) is 14.5. The smallest absolute Gasteiger partial charge is 0.218 e. The largest absolute Gasteiger partial charge is 0.489 e. The van der Waals surface area contributed by atoms with Crippen LogP contribution in [0.5, 0.6) is 11.6 Å². The molecule has 6 heteroatoms. The molecule has 1 amide bonds. The lowest BCUT2D eigenvalue weighted by atomic mass is 10.1. The summed E-state index contributed by atoms with van der Waals surface area (Å²) < 4.78 is 12.2. The van der Waals surface area contributed by atoms with Crippen molar-refractivity contribution in [3.05, 3.63) is 47.7 Å². The normalized spacial score (nSPS) is 19.4. The van der Waals surface area contributed by atoms with Gasteiger partial charge in [-0.2, -0.15) is 0 Å². The summed E-state index contributed by atoms with van der Waals surface area (Å²) in [6, 6.07) is 10.1. The molecule has 0 radical (unpaired) electrons. The fourth-order valence-corrected chi connectivity index (χ4v) is 3.94. The predicted molar refractivity (Wildman–Crippen MR) is 117 cm³/mol. The van der Waals surface area contributed by atoms with Crippen LogP contribution in [0.1, 0.15) is 50.3 Å². The lowest BCUT2D eigenvalue weighted by molar-refractivity contribution is -0.119. The average Bonchev–Trinajstić information content (AvgIpc) is 3.44. The van der Waals surface area contributed by atoms with Gasteiger partial charge in [0.25, 0.3) is 0 Å². The monoisotopic (exact) mass is 409 g/mol. The Kier molecular flexibility index (Phi) is 6.11. The first kappa shape index (κ1) is 20.5. The molecule has 4 rings (SSSR count). The zero-order valence-electron chi connectivity index (χ0n) is 18.1. The Morgan fingerprint density at radius 1 is 1.23 bits per heavy atom. The van der Waals surface area contributed by atoms with Gasteiger partial charge in [-0.15, -0.1) is 0 Å². The minimum atomic E-state index is -0.0265. The molecule has 0 bridgehead atoms. The number of ether oxygens (including phenoxy) is 2. The van der Waals surface area contributed by atoms with Gasteiger partial charge >= 0.3 is 0 Å². The highest BCUT2D eigenvalue weighted by Crippen LogP contribution is 2.33. The van der Waals surface area contributed by atoms with E-state index in [1.807, 2.05) is 37.4 Å². The van der Waals surface area contributed by atoms with E-state index in [2.05, 4.69) is 28.2 Å². The summed E-state index contributed by atoms with van der Waals surface area (Å²) in [5.41, 5.74) is 3.35. The number of aromatic nitrogens is 1. The number of pyridine rings is 1. The molecule has 0 unspecified atom stereocenters. The first-order valence-corrected chi connectivity index (χ1v) is 10.9. The molecule has 1 aliphatic carbocycles. The molecule has 2 aromatic rings. The summed E-state index contributed by atoms with van der Waals surface area (Å²) in [4.78, 5) is 18.0. The summed E-state index contributed by atoms with van der Waals surface area (Å²) >= 11 is 0. The van der Waals surface area contributed by atoms with Crippen LogP contribution in [0, 0.1) is 12.8 Å². The van der Waals surface area contributed by atoms with E-state index in [1.54, 1.807) is 0 Å². The summed E-state index contributed by atoms with van der Waals surface area (Å²) in [5, 5.41) is 2.90. The molecule has 2 aliphatic rings. The van der Waals surface area contributed by atoms with E-state index in [1.165, 1.54) is 25.5 Å². The third-order valence-corrected chi connectivity index (χ3v) is 5.87. The highest BCUT2D eigenvalue weighted by Gasteiger charge is 2.27. The van der Waals surface area contributed by atoms with Gasteiger partial charge in [0.1, 0.15) is 11.9 Å². The molecule has 1 aliphatic heterocycles. The van der Waals surface area contributed by atoms with E-state index in [0.717, 1.165) is 48.9 Å². The number of nitrogens with one attached hydrogen (secondary N) is 1. The van der Waals surface area contributed by atoms with Crippen LogP contribution in [-0.4, -0.2) is 36.7 Å². The van der Waals surface area contributed by atoms with E-state index < -0.39 is 0 Å². The van der Waals surface area contributed by atoms with Gasteiger partial charge in [0, 0.05) is 37.3 Å². The van der Waals surface area contributed by atoms with Crippen molar-refractivity contribution < 1.29 is 14.3 Å². The van der Waals surface area contributed by atoms with Crippen LogP contribution in [0.3, 0.4) is 0 Å². The van der Waals surface area contributed by atoms with Gasteiger partial charge in [-0.3, -0.25) is 4.79 Å². The number of amides is 1. The molecule has 0 spiro atoms. The zero-order valence-corrected chi connectivity index (χ0v) is 18.1. The molecule has 1 aromatic carbocycles. The van der Waals surface area contributed by atoms with Gasteiger partial charge in [0.05, 0.1) is 19.2 Å². The Morgan fingerprint density at radius 2 is 2.00 bits per heavy atom. The van der Waals surface area contributed by atoms with E-state index in [0.29, 0.717) is 5.92 Å². The molecule has 1 saturated heterocycles. The number of nitrogens with zero attached hydrogens (tertiary/aromatic N) is 2. The summed E-state index contributed by atoms with van der Waals surface area (Å²) in [7, 11) is 0. The number of hydrogen-bond acceptors (Lipinski definition) is 5. The van der Waals surface area contributed by atoms with Crippen molar-refractivity contribution in [1.29, 1.82) is 0 Å².